The highest BCUT2D eigenvalue weighted by molar-refractivity contribution is 5.90. The van der Waals surface area contributed by atoms with Gasteiger partial charge in [0.1, 0.15) is 5.82 Å². The van der Waals surface area contributed by atoms with E-state index < -0.39 is 0 Å². The molecule has 4 rings (SSSR count). The SMILES string of the molecule is Cc1ccc(CNc2nc(N3CCOCC3)nc3ccccc23)cc1. The average molecular weight is 334 g/mol. The van der Waals surface area contributed by atoms with Crippen molar-refractivity contribution in [1.82, 2.24) is 9.97 Å². The molecule has 2 heterocycles. The lowest BCUT2D eigenvalue weighted by molar-refractivity contribution is 0.122. The normalized spacial score (nSPS) is 14.7. The Morgan fingerprint density at radius 2 is 1.76 bits per heavy atom. The fourth-order valence-electron chi connectivity index (χ4n) is 3.00. The van der Waals surface area contributed by atoms with Crippen molar-refractivity contribution < 1.29 is 4.74 Å². The molecule has 0 spiro atoms. The Bertz CT molecular complexity index is 857. The van der Waals surface area contributed by atoms with Gasteiger partial charge in [0.15, 0.2) is 0 Å². The molecule has 0 unspecified atom stereocenters. The van der Waals surface area contributed by atoms with Crippen LogP contribution >= 0.6 is 0 Å². The molecular formula is C20H22N4O. The van der Waals surface area contributed by atoms with E-state index in [1.54, 1.807) is 0 Å². The number of morpholine rings is 1. The Kier molecular flexibility index (Phi) is 4.48. The van der Waals surface area contributed by atoms with Crippen LogP contribution in [0.25, 0.3) is 10.9 Å². The topological polar surface area (TPSA) is 50.3 Å². The van der Waals surface area contributed by atoms with Crippen LogP contribution in [-0.2, 0) is 11.3 Å². The average Bonchev–Trinajstić information content (AvgIpc) is 2.68. The molecule has 0 aliphatic carbocycles. The molecule has 1 saturated heterocycles. The van der Waals surface area contributed by atoms with Gasteiger partial charge in [-0.2, -0.15) is 4.98 Å². The van der Waals surface area contributed by atoms with Crippen LogP contribution in [0.3, 0.4) is 0 Å². The van der Waals surface area contributed by atoms with Crippen molar-refractivity contribution in [2.45, 2.75) is 13.5 Å². The Morgan fingerprint density at radius 3 is 2.56 bits per heavy atom. The molecule has 0 saturated carbocycles. The van der Waals surface area contributed by atoms with Crippen molar-refractivity contribution in [2.75, 3.05) is 36.5 Å². The number of aromatic nitrogens is 2. The van der Waals surface area contributed by atoms with Crippen LogP contribution in [0.15, 0.2) is 48.5 Å². The van der Waals surface area contributed by atoms with Gasteiger partial charge in [0.05, 0.1) is 18.7 Å². The first-order valence-corrected chi connectivity index (χ1v) is 8.68. The lowest BCUT2D eigenvalue weighted by Gasteiger charge is -2.27. The largest absolute Gasteiger partial charge is 0.378 e. The van der Waals surface area contributed by atoms with E-state index in [2.05, 4.69) is 47.5 Å². The number of aryl methyl sites for hydroxylation is 1. The van der Waals surface area contributed by atoms with Gasteiger partial charge in [-0.15, -0.1) is 0 Å². The van der Waals surface area contributed by atoms with Crippen molar-refractivity contribution in [3.63, 3.8) is 0 Å². The minimum absolute atomic E-state index is 0.725. The molecule has 5 heteroatoms. The predicted octanol–water partition coefficient (Wildman–Crippen LogP) is 3.39. The highest BCUT2D eigenvalue weighted by Gasteiger charge is 2.16. The van der Waals surface area contributed by atoms with Gasteiger partial charge in [-0.1, -0.05) is 42.0 Å². The molecule has 0 atom stereocenters. The monoisotopic (exact) mass is 334 g/mol. The van der Waals surface area contributed by atoms with Gasteiger partial charge in [-0.25, -0.2) is 4.98 Å². The summed E-state index contributed by atoms with van der Waals surface area (Å²) in [5, 5.41) is 4.54. The minimum atomic E-state index is 0.725. The zero-order chi connectivity index (χ0) is 17.1. The second-order valence-electron chi connectivity index (χ2n) is 6.33. The number of fused-ring (bicyclic) bond motifs is 1. The van der Waals surface area contributed by atoms with Crippen LogP contribution in [0.5, 0.6) is 0 Å². The maximum Gasteiger partial charge on any atom is 0.228 e. The van der Waals surface area contributed by atoms with E-state index in [1.807, 2.05) is 18.2 Å². The first kappa shape index (κ1) is 15.8. The summed E-state index contributed by atoms with van der Waals surface area (Å²) < 4.78 is 5.44. The fraction of sp³-hybridized carbons (Fsp3) is 0.300. The van der Waals surface area contributed by atoms with Gasteiger partial charge in [-0.05, 0) is 24.6 Å². The third kappa shape index (κ3) is 3.56. The molecule has 0 amide bonds. The zero-order valence-corrected chi connectivity index (χ0v) is 14.4. The molecule has 0 bridgehead atoms. The Balaban J connectivity index is 1.64. The van der Waals surface area contributed by atoms with Crippen LogP contribution in [0.4, 0.5) is 11.8 Å². The van der Waals surface area contributed by atoms with Crippen LogP contribution in [0.1, 0.15) is 11.1 Å². The molecular weight excluding hydrogens is 312 g/mol. The molecule has 1 fully saturated rings. The molecule has 1 aliphatic rings. The Morgan fingerprint density at radius 1 is 1.00 bits per heavy atom. The number of rotatable bonds is 4. The van der Waals surface area contributed by atoms with Gasteiger partial charge in [0, 0.05) is 25.0 Å². The second kappa shape index (κ2) is 7.07. The number of nitrogens with one attached hydrogen (secondary N) is 1. The highest BCUT2D eigenvalue weighted by Crippen LogP contribution is 2.24. The number of hydrogen-bond acceptors (Lipinski definition) is 5. The summed E-state index contributed by atoms with van der Waals surface area (Å²) in [5.74, 6) is 1.65. The zero-order valence-electron chi connectivity index (χ0n) is 14.4. The second-order valence-corrected chi connectivity index (χ2v) is 6.33. The van der Waals surface area contributed by atoms with Crippen molar-refractivity contribution in [3.8, 4) is 0 Å². The summed E-state index contributed by atoms with van der Waals surface area (Å²) in [7, 11) is 0. The van der Waals surface area contributed by atoms with Crippen molar-refractivity contribution in [2.24, 2.45) is 0 Å². The Hall–Kier alpha value is -2.66. The molecule has 1 N–H and O–H groups in total. The molecule has 1 aromatic heterocycles. The summed E-state index contributed by atoms with van der Waals surface area (Å²) in [6, 6.07) is 16.7. The number of nitrogens with zero attached hydrogens (tertiary/aromatic N) is 3. The van der Waals surface area contributed by atoms with Crippen LogP contribution in [0.2, 0.25) is 0 Å². The van der Waals surface area contributed by atoms with E-state index in [1.165, 1.54) is 11.1 Å². The van der Waals surface area contributed by atoms with Crippen molar-refractivity contribution in [1.29, 1.82) is 0 Å². The van der Waals surface area contributed by atoms with Gasteiger partial charge in [0.2, 0.25) is 5.95 Å². The third-order valence-electron chi connectivity index (χ3n) is 4.47. The van der Waals surface area contributed by atoms with Crippen LogP contribution in [-0.4, -0.2) is 36.3 Å². The predicted molar refractivity (Wildman–Crippen MR) is 101 cm³/mol. The van der Waals surface area contributed by atoms with Crippen molar-refractivity contribution >= 4 is 22.7 Å². The first-order valence-electron chi connectivity index (χ1n) is 8.68. The molecule has 3 aromatic rings. The van der Waals surface area contributed by atoms with Gasteiger partial charge in [0.25, 0.3) is 0 Å². The lowest BCUT2D eigenvalue weighted by Crippen LogP contribution is -2.37. The van der Waals surface area contributed by atoms with Crippen molar-refractivity contribution in [3.05, 3.63) is 59.7 Å². The maximum atomic E-state index is 5.44. The van der Waals surface area contributed by atoms with E-state index in [0.29, 0.717) is 0 Å². The van der Waals surface area contributed by atoms with Gasteiger partial charge in [-0.3, -0.25) is 0 Å². The Labute approximate surface area is 147 Å². The fourth-order valence-corrected chi connectivity index (χ4v) is 3.00. The summed E-state index contributed by atoms with van der Waals surface area (Å²) in [4.78, 5) is 11.7. The van der Waals surface area contributed by atoms with Crippen LogP contribution in [0, 0.1) is 6.92 Å². The quantitative estimate of drug-likeness (QED) is 0.792. The third-order valence-corrected chi connectivity index (χ3v) is 4.47. The molecule has 0 radical (unpaired) electrons. The lowest BCUT2D eigenvalue weighted by atomic mass is 10.1. The molecule has 128 valence electrons. The number of ether oxygens (including phenoxy) is 1. The highest BCUT2D eigenvalue weighted by atomic mass is 16.5. The summed E-state index contributed by atoms with van der Waals surface area (Å²) >= 11 is 0. The van der Waals surface area contributed by atoms with E-state index in [9.17, 15) is 0 Å². The summed E-state index contributed by atoms with van der Waals surface area (Å²) in [5.41, 5.74) is 3.47. The molecule has 25 heavy (non-hydrogen) atoms. The van der Waals surface area contributed by atoms with Crippen LogP contribution < -0.4 is 10.2 Å². The smallest absolute Gasteiger partial charge is 0.228 e. The first-order chi connectivity index (χ1) is 12.3. The van der Waals surface area contributed by atoms with E-state index >= 15 is 0 Å². The number of para-hydroxylation sites is 1. The number of benzene rings is 2. The van der Waals surface area contributed by atoms with Gasteiger partial charge < -0.3 is 15.0 Å². The van der Waals surface area contributed by atoms with Gasteiger partial charge >= 0.3 is 0 Å². The van der Waals surface area contributed by atoms with E-state index in [0.717, 1.165) is 55.5 Å². The molecule has 2 aromatic carbocycles. The molecule has 1 aliphatic heterocycles. The summed E-state index contributed by atoms with van der Waals surface area (Å²) in [6.07, 6.45) is 0. The van der Waals surface area contributed by atoms with E-state index in [-0.39, 0.29) is 0 Å². The summed E-state index contributed by atoms with van der Waals surface area (Å²) in [6.45, 7) is 5.95. The number of hydrogen-bond donors (Lipinski definition) is 1. The minimum Gasteiger partial charge on any atom is -0.378 e. The van der Waals surface area contributed by atoms with E-state index in [4.69, 9.17) is 14.7 Å². The maximum absolute atomic E-state index is 5.44. The molecule has 5 nitrogen and oxygen atoms in total. The number of anilines is 2. The standard InChI is InChI=1S/C20H22N4O/c1-15-6-8-16(9-7-15)14-21-19-17-4-2-3-5-18(17)22-20(23-19)24-10-12-25-13-11-24/h2-9H,10-14H2,1H3,(H,21,22,23).